The highest BCUT2D eigenvalue weighted by atomic mass is 32.2. The van der Waals surface area contributed by atoms with Crippen LogP contribution in [0.4, 0.5) is 0 Å². The summed E-state index contributed by atoms with van der Waals surface area (Å²) < 4.78 is 22.9. The van der Waals surface area contributed by atoms with Gasteiger partial charge in [0.2, 0.25) is 11.8 Å². The number of carbonyl (C=O) groups excluding carboxylic acids is 3. The molecular weight excluding hydrogens is 506 g/mol. The van der Waals surface area contributed by atoms with Gasteiger partial charge in [-0.05, 0) is 36.5 Å². The predicted molar refractivity (Wildman–Crippen MR) is 143 cm³/mol. The number of hydrogen-bond acceptors (Lipinski definition) is 7. The number of fused-ring (bicyclic) bond motifs is 1. The Morgan fingerprint density at radius 2 is 1.89 bits per heavy atom. The molecular formula is C27H33N5O5S. The molecule has 1 aromatic carbocycles. The second kappa shape index (κ2) is 11.7. The molecule has 0 aliphatic carbocycles. The molecule has 202 valence electrons. The van der Waals surface area contributed by atoms with E-state index in [-0.39, 0.29) is 12.1 Å². The zero-order valence-electron chi connectivity index (χ0n) is 22.0. The van der Waals surface area contributed by atoms with Crippen LogP contribution in [0.15, 0.2) is 47.9 Å². The number of rotatable bonds is 8. The molecule has 1 unspecified atom stereocenters. The van der Waals surface area contributed by atoms with Gasteiger partial charge < -0.3 is 15.5 Å². The molecule has 0 spiro atoms. The van der Waals surface area contributed by atoms with Gasteiger partial charge in [0.1, 0.15) is 17.8 Å². The van der Waals surface area contributed by atoms with Crippen LogP contribution in [-0.2, 0) is 19.4 Å². The number of nitriles is 1. The van der Waals surface area contributed by atoms with E-state index in [0.29, 0.717) is 24.9 Å². The number of aromatic nitrogens is 1. The lowest BCUT2D eigenvalue weighted by molar-refractivity contribution is -0.142. The minimum absolute atomic E-state index is 0.127. The van der Waals surface area contributed by atoms with E-state index in [4.69, 9.17) is 5.26 Å². The minimum Gasteiger partial charge on any atom is -0.347 e. The maximum Gasteiger partial charge on any atom is 0.270 e. The highest BCUT2D eigenvalue weighted by molar-refractivity contribution is 7.93. The van der Waals surface area contributed by atoms with Crippen molar-refractivity contribution >= 4 is 38.5 Å². The quantitative estimate of drug-likeness (QED) is 0.523. The maximum absolute atomic E-state index is 13.7. The van der Waals surface area contributed by atoms with Gasteiger partial charge in [0, 0.05) is 23.6 Å². The molecule has 3 atom stereocenters. The van der Waals surface area contributed by atoms with Crippen molar-refractivity contribution in [3.63, 3.8) is 0 Å². The molecule has 0 bridgehead atoms. The number of nitrogens with one attached hydrogen (secondary N) is 2. The molecule has 2 aromatic rings. The van der Waals surface area contributed by atoms with Crippen LogP contribution >= 0.6 is 0 Å². The SMILES string of the molecule is CC(C)(C)C(NC(=O)c1ccc2ccccc2n1)C(=O)N1CCC[C@@H]1C(=O)N[C@H](/C=C/S(C)(=O)=O)CC#N. The summed E-state index contributed by atoms with van der Waals surface area (Å²) in [7, 11) is -3.44. The van der Waals surface area contributed by atoms with Gasteiger partial charge in [-0.2, -0.15) is 5.26 Å². The molecule has 38 heavy (non-hydrogen) atoms. The molecule has 1 aliphatic rings. The van der Waals surface area contributed by atoms with Crippen molar-refractivity contribution < 1.29 is 22.8 Å². The van der Waals surface area contributed by atoms with Crippen molar-refractivity contribution in [3.05, 3.63) is 53.6 Å². The normalized spacial score (nSPS) is 17.7. The third kappa shape index (κ3) is 7.38. The topological polar surface area (TPSA) is 149 Å². The minimum atomic E-state index is -3.44. The first kappa shape index (κ1) is 28.8. The molecule has 0 saturated carbocycles. The average molecular weight is 540 g/mol. The number of benzene rings is 1. The van der Waals surface area contributed by atoms with E-state index in [0.717, 1.165) is 17.1 Å². The zero-order chi connectivity index (χ0) is 28.1. The molecule has 2 N–H and O–H groups in total. The summed E-state index contributed by atoms with van der Waals surface area (Å²) in [6.45, 7) is 5.81. The Balaban J connectivity index is 1.78. The fourth-order valence-corrected chi connectivity index (χ4v) is 4.77. The first-order valence-corrected chi connectivity index (χ1v) is 14.3. The fourth-order valence-electron chi connectivity index (χ4n) is 4.30. The van der Waals surface area contributed by atoms with E-state index in [1.54, 1.807) is 18.2 Å². The van der Waals surface area contributed by atoms with Gasteiger partial charge in [0.05, 0.1) is 24.0 Å². The van der Waals surface area contributed by atoms with Crippen LogP contribution < -0.4 is 10.6 Å². The smallest absolute Gasteiger partial charge is 0.270 e. The Labute approximate surface area is 223 Å². The lowest BCUT2D eigenvalue weighted by atomic mass is 9.85. The summed E-state index contributed by atoms with van der Waals surface area (Å²) in [5, 5.41) is 16.4. The Morgan fingerprint density at radius 1 is 1.18 bits per heavy atom. The molecule has 1 fully saturated rings. The number of carbonyl (C=O) groups is 3. The molecule has 10 nitrogen and oxygen atoms in total. The molecule has 3 amide bonds. The van der Waals surface area contributed by atoms with E-state index in [2.05, 4.69) is 15.6 Å². The molecule has 3 rings (SSSR count). The average Bonchev–Trinajstić information content (AvgIpc) is 3.34. The summed E-state index contributed by atoms with van der Waals surface area (Å²) in [5.74, 6) is -1.37. The van der Waals surface area contributed by atoms with Crippen LogP contribution in [0.1, 0.15) is 50.5 Å². The first-order chi connectivity index (χ1) is 17.8. The Morgan fingerprint density at radius 3 is 2.55 bits per heavy atom. The second-order valence-corrected chi connectivity index (χ2v) is 12.4. The van der Waals surface area contributed by atoms with Gasteiger partial charge >= 0.3 is 0 Å². The Bertz CT molecular complexity index is 1390. The summed E-state index contributed by atoms with van der Waals surface area (Å²) in [4.78, 5) is 45.8. The van der Waals surface area contributed by atoms with Gasteiger partial charge in [-0.25, -0.2) is 13.4 Å². The van der Waals surface area contributed by atoms with E-state index >= 15 is 0 Å². The summed E-state index contributed by atoms with van der Waals surface area (Å²) in [5.41, 5.74) is 0.166. The summed E-state index contributed by atoms with van der Waals surface area (Å²) >= 11 is 0. The van der Waals surface area contributed by atoms with Crippen LogP contribution in [0, 0.1) is 16.7 Å². The zero-order valence-corrected chi connectivity index (χ0v) is 22.8. The van der Waals surface area contributed by atoms with Crippen LogP contribution in [0.5, 0.6) is 0 Å². The molecule has 0 radical (unpaired) electrons. The number of likely N-dealkylation sites (tertiary alicyclic amines) is 1. The number of amides is 3. The lowest BCUT2D eigenvalue weighted by Gasteiger charge is -2.35. The molecule has 2 heterocycles. The molecule has 1 aromatic heterocycles. The summed E-state index contributed by atoms with van der Waals surface area (Å²) in [6, 6.07) is 10.2. The monoisotopic (exact) mass is 539 g/mol. The standard InChI is InChI=1S/C27H33N5O5S/c1-27(2,3)23(31-24(33)21-12-11-18-8-5-6-9-20(18)30-21)26(35)32-16-7-10-22(32)25(34)29-19(13-15-28)14-17-38(4,36)37/h5-6,8-9,11-12,14,17,19,22-23H,7,10,13,16H2,1-4H3,(H,29,34)(H,31,33)/b17-14+/t19-,22+,23?/m0/s1. The van der Waals surface area contributed by atoms with Gasteiger partial charge in [-0.1, -0.05) is 45.0 Å². The van der Waals surface area contributed by atoms with Gasteiger partial charge in [-0.15, -0.1) is 0 Å². The fraction of sp³-hybridized carbons (Fsp3) is 0.444. The predicted octanol–water partition coefficient (Wildman–Crippen LogP) is 2.33. The van der Waals surface area contributed by atoms with Crippen LogP contribution in [-0.4, -0.2) is 66.9 Å². The van der Waals surface area contributed by atoms with Crippen molar-refractivity contribution in [2.24, 2.45) is 5.41 Å². The van der Waals surface area contributed by atoms with Crippen LogP contribution in [0.3, 0.4) is 0 Å². The van der Waals surface area contributed by atoms with Crippen molar-refractivity contribution in [1.29, 1.82) is 5.26 Å². The number of nitrogens with zero attached hydrogens (tertiary/aromatic N) is 3. The number of pyridine rings is 1. The summed E-state index contributed by atoms with van der Waals surface area (Å²) in [6.07, 6.45) is 3.14. The van der Waals surface area contributed by atoms with E-state index in [1.807, 2.05) is 45.0 Å². The number of hydrogen-bond donors (Lipinski definition) is 2. The van der Waals surface area contributed by atoms with E-state index in [1.165, 1.54) is 11.0 Å². The van der Waals surface area contributed by atoms with Crippen LogP contribution in [0.25, 0.3) is 10.9 Å². The Kier molecular flexibility index (Phi) is 8.89. The maximum atomic E-state index is 13.7. The first-order valence-electron chi connectivity index (χ1n) is 12.3. The highest BCUT2D eigenvalue weighted by Gasteiger charge is 2.42. The van der Waals surface area contributed by atoms with Crippen molar-refractivity contribution in [2.75, 3.05) is 12.8 Å². The van der Waals surface area contributed by atoms with Crippen molar-refractivity contribution in [1.82, 2.24) is 20.5 Å². The van der Waals surface area contributed by atoms with Gasteiger partial charge in [0.25, 0.3) is 5.91 Å². The van der Waals surface area contributed by atoms with Crippen LogP contribution in [0.2, 0.25) is 0 Å². The van der Waals surface area contributed by atoms with Gasteiger partial charge in [-0.3, -0.25) is 14.4 Å². The van der Waals surface area contributed by atoms with E-state index in [9.17, 15) is 22.8 Å². The van der Waals surface area contributed by atoms with E-state index < -0.39 is 51.1 Å². The van der Waals surface area contributed by atoms with Gasteiger partial charge in [0.15, 0.2) is 9.84 Å². The molecule has 1 aliphatic heterocycles. The largest absolute Gasteiger partial charge is 0.347 e. The number of para-hydroxylation sites is 1. The highest BCUT2D eigenvalue weighted by Crippen LogP contribution is 2.26. The Hall–Kier alpha value is -3.78. The third-order valence-electron chi connectivity index (χ3n) is 6.25. The van der Waals surface area contributed by atoms with Crippen molar-refractivity contribution in [3.8, 4) is 6.07 Å². The molecule has 1 saturated heterocycles. The second-order valence-electron chi connectivity index (χ2n) is 10.5. The van der Waals surface area contributed by atoms with Crippen molar-refractivity contribution in [2.45, 2.75) is 58.2 Å². The lowest BCUT2D eigenvalue weighted by Crippen LogP contribution is -2.58. The molecule has 11 heteroatoms. The number of sulfone groups is 1. The third-order valence-corrected chi connectivity index (χ3v) is 6.91.